The molecule has 1 fully saturated rings. The Balaban J connectivity index is 1.15. The number of primary amides is 1. The third-order valence-corrected chi connectivity index (χ3v) is 26.8. The molecule has 2 aromatic heterocycles. The average molecular weight is 1940 g/mol. The summed E-state index contributed by atoms with van der Waals surface area (Å²) >= 11 is 3.59. The Morgan fingerprint density at radius 1 is 0.556 bits per heavy atom. The largest absolute Gasteiger partial charge is 0.493 e. The van der Waals surface area contributed by atoms with E-state index >= 15 is 14.4 Å². The van der Waals surface area contributed by atoms with Crippen LogP contribution in [-0.2, 0) is 94.3 Å². The molecular formula is C91H130N18O23S3. The smallest absolute Gasteiger partial charge is 0.305 e. The first kappa shape index (κ1) is 109. The molecule has 13 amide bonds. The van der Waals surface area contributed by atoms with E-state index in [-0.39, 0.29) is 106 Å². The molecule has 4 bridgehead atoms. The Labute approximate surface area is 795 Å². The highest BCUT2D eigenvalue weighted by Gasteiger charge is 2.44. The molecular weight excluding hydrogens is 1810 g/mol. The van der Waals surface area contributed by atoms with Crippen LogP contribution in [0.5, 0.6) is 17.2 Å². The molecule has 13 atom stereocenters. The molecule has 8 rings (SSSR count). The van der Waals surface area contributed by atoms with Crippen molar-refractivity contribution in [2.24, 2.45) is 23.3 Å². The second-order valence-electron chi connectivity index (χ2n) is 35.4. The number of rotatable bonds is 24. The number of aliphatic hydroxyl groups is 1. The summed E-state index contributed by atoms with van der Waals surface area (Å²) in [5.74, 6) is -16.5. The summed E-state index contributed by atoms with van der Waals surface area (Å²) in [4.78, 5) is 251. The number of H-pyrrole nitrogens is 2. The van der Waals surface area contributed by atoms with Crippen LogP contribution in [-0.4, -0.2) is 313 Å². The number of para-hydroxylation sites is 2. The van der Waals surface area contributed by atoms with Crippen molar-refractivity contribution in [3.05, 3.63) is 90.3 Å². The number of thioether (sulfide) groups is 3. The predicted molar refractivity (Wildman–Crippen MR) is 507 cm³/mol. The van der Waals surface area contributed by atoms with Crippen molar-refractivity contribution in [2.45, 2.75) is 230 Å². The number of hydrogen-bond donors (Lipinski definition) is 19. The number of benzene rings is 3. The number of carbonyl (C=O) groups is 17. The van der Waals surface area contributed by atoms with Crippen LogP contribution < -0.4 is 89.5 Å². The van der Waals surface area contributed by atoms with Crippen molar-refractivity contribution < 1.29 is 111 Å². The molecule has 0 spiro atoms. The molecule has 3 aromatic carbocycles. The monoisotopic (exact) mass is 1940 g/mol. The number of ether oxygens (including phenoxy) is 3. The van der Waals surface area contributed by atoms with Gasteiger partial charge in [-0.25, -0.2) is 0 Å². The van der Waals surface area contributed by atoms with Crippen molar-refractivity contribution in [2.75, 3.05) is 87.6 Å². The number of likely N-dealkylation sites (N-methyl/N-ethyl adjacent to an activating group) is 1. The van der Waals surface area contributed by atoms with Gasteiger partial charge in [0.15, 0.2) is 11.6 Å². The number of aliphatic hydroxyl groups excluding tert-OH is 1. The number of hydrogen-bond acceptors (Lipinski definition) is 27. The van der Waals surface area contributed by atoms with E-state index in [1.54, 1.807) is 119 Å². The highest BCUT2D eigenvalue weighted by molar-refractivity contribution is 7.99. The predicted octanol–water partition coefficient (Wildman–Crippen LogP) is 0.0950. The normalized spacial score (nSPS) is 23.4. The first-order valence-electron chi connectivity index (χ1n) is 45.1. The van der Waals surface area contributed by atoms with Crippen LogP contribution in [0.15, 0.2) is 79.1 Å². The van der Waals surface area contributed by atoms with E-state index in [1.807, 2.05) is 0 Å². The van der Waals surface area contributed by atoms with Crippen LogP contribution in [0.25, 0.3) is 21.8 Å². The number of nitrogens with one attached hydrogen (secondary N) is 14. The van der Waals surface area contributed by atoms with Gasteiger partial charge in [0, 0.05) is 102 Å². The average Bonchev–Trinajstić information content (AvgIpc) is 1.66. The first-order chi connectivity index (χ1) is 64.0. The van der Waals surface area contributed by atoms with E-state index in [4.69, 9.17) is 25.7 Å². The highest BCUT2D eigenvalue weighted by atomic mass is 32.2. The topological polar surface area (TPSA) is 613 Å². The minimum Gasteiger partial charge on any atom is -0.493 e. The zero-order chi connectivity index (χ0) is 99.1. The van der Waals surface area contributed by atoms with Crippen molar-refractivity contribution in [1.29, 1.82) is 0 Å². The third-order valence-electron chi connectivity index (χ3n) is 23.4. The van der Waals surface area contributed by atoms with Crippen LogP contribution in [0.2, 0.25) is 0 Å². The fourth-order valence-electron chi connectivity index (χ4n) is 15.2. The SMILES string of the molecule is CC(C)[C@@H]1NC(=O)[C@H](Cc2c[nH]c3ccccc23)NC(=O)[C@@H]2CSCCCOc3cc(cc(c3)OCCCSC[C@H](NC(=O)[C@H](C)NC(C)(C)C(=O)CN(C)C(C)(C)C(=O)CCN)C(=O)N[C@@H]([C@@H](C)O)C(=O)N[C@@H](CCC(=O)O)C(=O)N2)OCCCSC[C@@H](C(N)=O)NC(=O)[C@@H]2CCCN2C(=O)[C@H](C(C)C)NC(=O)[C@H](Cc2c[nH]c3ccccc23)NC(=O)CNC(=O)[C@H](CC(=O)O)NC1=O. The third kappa shape index (κ3) is 32.6. The number of carboxylic acids is 2. The summed E-state index contributed by atoms with van der Waals surface area (Å²) in [5.41, 5.74) is 11.4. The molecule has 21 N–H and O–H groups in total. The number of nitrogens with two attached hydrogens (primary N) is 2. The number of nitrogens with zero attached hydrogens (tertiary/aromatic N) is 2. The van der Waals surface area contributed by atoms with Crippen molar-refractivity contribution >= 4 is 157 Å². The van der Waals surface area contributed by atoms with Crippen LogP contribution in [0, 0.1) is 11.8 Å². The molecule has 3 aliphatic rings. The van der Waals surface area contributed by atoms with Gasteiger partial charge in [0.1, 0.15) is 83.7 Å². The number of aromatic nitrogens is 2. The molecule has 135 heavy (non-hydrogen) atoms. The van der Waals surface area contributed by atoms with E-state index in [9.17, 15) is 82.4 Å². The molecule has 44 heteroatoms. The molecule has 5 heterocycles. The number of aliphatic carboxylic acids is 2. The van der Waals surface area contributed by atoms with Gasteiger partial charge in [-0.15, -0.1) is 0 Å². The van der Waals surface area contributed by atoms with E-state index < -0.39 is 222 Å². The molecule has 3 aliphatic heterocycles. The summed E-state index contributed by atoms with van der Waals surface area (Å²) in [6, 6.07) is 0.373. The Morgan fingerprint density at radius 3 is 1.59 bits per heavy atom. The molecule has 41 nitrogen and oxygen atoms in total. The van der Waals surface area contributed by atoms with Gasteiger partial charge in [-0.2, -0.15) is 35.3 Å². The van der Waals surface area contributed by atoms with Crippen LogP contribution in [0.1, 0.15) is 138 Å². The number of fused-ring (bicyclic) bond motifs is 11. The second kappa shape index (κ2) is 51.9. The van der Waals surface area contributed by atoms with Crippen molar-refractivity contribution in [3.63, 3.8) is 0 Å². The second-order valence-corrected chi connectivity index (χ2v) is 38.9. The maximum atomic E-state index is 15.4. The maximum absolute atomic E-state index is 15.4. The van der Waals surface area contributed by atoms with Gasteiger partial charge in [-0.05, 0) is 146 Å². The van der Waals surface area contributed by atoms with Gasteiger partial charge in [0.25, 0.3) is 0 Å². The van der Waals surface area contributed by atoms with Gasteiger partial charge >= 0.3 is 11.9 Å². The highest BCUT2D eigenvalue weighted by Crippen LogP contribution is 2.31. The number of amides is 13. The fraction of sp³-hybridized carbons (Fsp3) is 0.571. The van der Waals surface area contributed by atoms with Crippen LogP contribution in [0.4, 0.5) is 0 Å². The lowest BCUT2D eigenvalue weighted by atomic mass is 9.92. The lowest BCUT2D eigenvalue weighted by Crippen LogP contribution is -2.63. The van der Waals surface area contributed by atoms with Gasteiger partial charge in [0.2, 0.25) is 76.8 Å². The van der Waals surface area contributed by atoms with E-state index in [0.29, 0.717) is 75.2 Å². The summed E-state index contributed by atoms with van der Waals surface area (Å²) in [5, 5.41) is 64.5. The van der Waals surface area contributed by atoms with Crippen molar-refractivity contribution in [3.8, 4) is 17.2 Å². The number of aromatic amines is 2. The quantitative estimate of drug-likeness (QED) is 0.0389. The first-order valence-corrected chi connectivity index (χ1v) is 48.6. The standard InChI is InChI=1S/C91H130N18O23S3/c1-49(2)75-87(127)100-65(41-74(116)117)80(120)96-44-72(113)97-63(36-53-42-94-60-22-14-12-20-58(53)60)82(122)105-76(50(3)4)89(129)109-29-16-24-69(109)86(126)101-66(78(93)118)46-133-33-17-30-130-55-38-56-40-57(39-55)132-32-19-35-135-48-68(102-79(119)51(5)107-90(7,8)71(112)45-108(11)91(9,10)70(111)27-28-92)85(125)106-77(52(6)110)88(128)98-62(25-26-73(114)115)81(121)103-67(47-134-34-18-31-131-56)84(124)99-64(83(123)104-75)37-54-43-95-61-23-15-13-21-59(54)61/h12-15,20-23,38-40,42-43,49-52,62-69,75-77,94-95,107,110H,16-19,24-37,41,44-48,92H2,1-11H3,(H2,93,118)(H,96,120)(H,97,113)(H,98,128)(H,99,124)(H,100,127)(H,101,126)(H,102,119)(H,103,121)(H,104,123)(H,105,122)(H,106,125)(H,114,115)(H,116,117)/t51-,52+,62-,63-,64-,65-,66-,67-,68-,69-,75-,76-,77-/m0/s1. The molecule has 1 saturated heterocycles. The van der Waals surface area contributed by atoms with Gasteiger partial charge < -0.3 is 114 Å². The number of ketones is 2. The lowest BCUT2D eigenvalue weighted by Gasteiger charge is -2.36. The Bertz CT molecular complexity index is 5030. The minimum absolute atomic E-state index is 0.0160. The Kier molecular flexibility index (Phi) is 41.8. The zero-order valence-electron chi connectivity index (χ0n) is 77.9. The summed E-state index contributed by atoms with van der Waals surface area (Å²) in [6.45, 7) is 14.6. The zero-order valence-corrected chi connectivity index (χ0v) is 80.4. The molecule has 0 unspecified atom stereocenters. The Hall–Kier alpha value is -11.6. The number of carboxylic acid groups (broad SMARTS) is 2. The van der Waals surface area contributed by atoms with Crippen LogP contribution in [0.3, 0.4) is 0 Å². The molecule has 5 aromatic rings. The van der Waals surface area contributed by atoms with E-state index in [0.717, 1.165) is 18.7 Å². The van der Waals surface area contributed by atoms with Gasteiger partial charge in [-0.3, -0.25) is 91.7 Å². The number of carbonyl (C=O) groups excluding carboxylic acids is 15. The van der Waals surface area contributed by atoms with Crippen LogP contribution >= 0.6 is 35.3 Å². The van der Waals surface area contributed by atoms with E-state index in [2.05, 4.69) is 73.8 Å². The van der Waals surface area contributed by atoms with Gasteiger partial charge in [0.05, 0.1) is 62.6 Å². The molecule has 740 valence electrons. The molecule has 0 saturated carbocycles. The molecule has 0 radical (unpaired) electrons. The Morgan fingerprint density at radius 2 is 1.06 bits per heavy atom. The number of Topliss-reactive ketones (excluding diaryl/α,β-unsaturated/α-hetero) is 2. The summed E-state index contributed by atoms with van der Waals surface area (Å²) < 4.78 is 18.9. The lowest BCUT2D eigenvalue weighted by molar-refractivity contribution is -0.143. The van der Waals surface area contributed by atoms with E-state index in [1.165, 1.54) is 63.0 Å². The maximum Gasteiger partial charge on any atom is 0.305 e. The minimum atomic E-state index is -1.96. The summed E-state index contributed by atoms with van der Waals surface area (Å²) in [6.07, 6.45) is -0.00360. The summed E-state index contributed by atoms with van der Waals surface area (Å²) in [7, 11) is 1.60. The fourth-order valence-corrected chi connectivity index (χ4v) is 18.1. The van der Waals surface area contributed by atoms with Crippen molar-refractivity contribution in [1.82, 2.24) is 83.6 Å². The van der Waals surface area contributed by atoms with Gasteiger partial charge in [-0.1, -0.05) is 64.1 Å². The molecule has 0 aliphatic carbocycles.